The molecule has 0 amide bonds. The fourth-order valence-corrected chi connectivity index (χ4v) is 4.51. The van der Waals surface area contributed by atoms with E-state index in [4.69, 9.17) is 0 Å². The van der Waals surface area contributed by atoms with E-state index in [9.17, 15) is 8.42 Å². The van der Waals surface area contributed by atoms with Gasteiger partial charge in [-0.1, -0.05) is 72.7 Å². The Morgan fingerprint density at radius 2 is 1.38 bits per heavy atom. The Bertz CT molecular complexity index is 497. The van der Waals surface area contributed by atoms with Gasteiger partial charge in [-0.05, 0) is 31.4 Å². The highest BCUT2D eigenvalue weighted by atomic mass is 79.9. The van der Waals surface area contributed by atoms with E-state index >= 15 is 0 Å². The number of hydrogen-bond acceptors (Lipinski definition) is 2. The number of hydrogen-bond donors (Lipinski definition) is 0. The first-order chi connectivity index (χ1) is 10.1. The highest BCUT2D eigenvalue weighted by Gasteiger charge is 2.15. The molecule has 0 aliphatic carbocycles. The van der Waals surface area contributed by atoms with Gasteiger partial charge in [-0.25, -0.2) is 8.42 Å². The van der Waals surface area contributed by atoms with Crippen LogP contribution in [0.2, 0.25) is 0 Å². The van der Waals surface area contributed by atoms with Crippen molar-refractivity contribution in [2.24, 2.45) is 0 Å². The van der Waals surface area contributed by atoms with Crippen molar-refractivity contribution in [2.45, 2.75) is 63.2 Å². The summed E-state index contributed by atoms with van der Waals surface area (Å²) in [7, 11) is -3.10. The van der Waals surface area contributed by atoms with Crippen LogP contribution in [0.4, 0.5) is 0 Å². The molecule has 0 radical (unpaired) electrons. The quantitative estimate of drug-likeness (QED) is 0.389. The van der Waals surface area contributed by atoms with Crippen molar-refractivity contribution in [3.8, 4) is 0 Å². The molecule has 0 aliphatic rings. The van der Waals surface area contributed by atoms with Crippen LogP contribution in [0, 0.1) is 6.92 Å². The van der Waals surface area contributed by atoms with Gasteiger partial charge in [-0.2, -0.15) is 0 Å². The molecule has 0 atom stereocenters. The van der Waals surface area contributed by atoms with Gasteiger partial charge in [-0.15, -0.1) is 0 Å². The van der Waals surface area contributed by atoms with Gasteiger partial charge in [0.15, 0.2) is 9.84 Å². The van der Waals surface area contributed by atoms with Gasteiger partial charge in [0.05, 0.1) is 10.6 Å². The van der Waals surface area contributed by atoms with E-state index in [1.807, 2.05) is 19.1 Å². The highest BCUT2D eigenvalue weighted by Crippen LogP contribution is 2.18. The van der Waals surface area contributed by atoms with Crippen molar-refractivity contribution in [1.29, 1.82) is 0 Å². The summed E-state index contributed by atoms with van der Waals surface area (Å²) in [5.41, 5.74) is 0.851. The van der Waals surface area contributed by atoms with E-state index in [1.54, 1.807) is 12.1 Å². The van der Waals surface area contributed by atoms with E-state index in [0.717, 1.165) is 30.2 Å². The summed E-state index contributed by atoms with van der Waals surface area (Å²) in [6.45, 7) is 1.86. The molecule has 1 aromatic carbocycles. The van der Waals surface area contributed by atoms with Crippen LogP contribution in [-0.4, -0.2) is 19.5 Å². The molecule has 0 aromatic heterocycles. The van der Waals surface area contributed by atoms with Gasteiger partial charge in [0.1, 0.15) is 0 Å². The van der Waals surface area contributed by atoms with Crippen LogP contribution in [0.5, 0.6) is 0 Å². The zero-order valence-corrected chi connectivity index (χ0v) is 15.4. The van der Waals surface area contributed by atoms with Crippen molar-refractivity contribution >= 4 is 25.8 Å². The molecular formula is C17H27BrO2S. The molecular weight excluding hydrogens is 348 g/mol. The summed E-state index contributed by atoms with van der Waals surface area (Å²) >= 11 is 3.44. The third-order valence-corrected chi connectivity index (χ3v) is 6.24. The smallest absolute Gasteiger partial charge is 0.178 e. The minimum absolute atomic E-state index is 0.279. The Balaban J connectivity index is 2.19. The topological polar surface area (TPSA) is 34.1 Å². The number of aryl methyl sites for hydroxylation is 1. The van der Waals surface area contributed by atoms with Crippen molar-refractivity contribution in [3.63, 3.8) is 0 Å². The van der Waals surface area contributed by atoms with Gasteiger partial charge in [-0.3, -0.25) is 0 Å². The van der Waals surface area contributed by atoms with Crippen molar-refractivity contribution in [2.75, 3.05) is 11.1 Å². The maximum absolute atomic E-state index is 12.3. The summed E-state index contributed by atoms with van der Waals surface area (Å²) < 4.78 is 24.5. The van der Waals surface area contributed by atoms with E-state index < -0.39 is 9.84 Å². The Hall–Kier alpha value is -0.350. The second-order valence-electron chi connectivity index (χ2n) is 5.60. The monoisotopic (exact) mass is 374 g/mol. The number of unbranched alkanes of at least 4 members (excludes halogenated alkanes) is 7. The first kappa shape index (κ1) is 18.7. The van der Waals surface area contributed by atoms with Crippen molar-refractivity contribution in [3.05, 3.63) is 29.8 Å². The Morgan fingerprint density at radius 3 is 1.95 bits per heavy atom. The molecule has 0 heterocycles. The molecule has 0 fully saturated rings. The van der Waals surface area contributed by atoms with E-state index in [1.165, 1.54) is 32.1 Å². The molecule has 1 rings (SSSR count). The molecule has 0 bridgehead atoms. The molecule has 0 saturated heterocycles. The third kappa shape index (κ3) is 7.46. The summed E-state index contributed by atoms with van der Waals surface area (Å²) in [5, 5.41) is 1.10. The lowest BCUT2D eigenvalue weighted by Crippen LogP contribution is -2.08. The number of halogens is 1. The molecule has 0 saturated carbocycles. The summed E-state index contributed by atoms with van der Waals surface area (Å²) in [6.07, 6.45) is 9.30. The van der Waals surface area contributed by atoms with Gasteiger partial charge in [0.2, 0.25) is 0 Å². The van der Waals surface area contributed by atoms with E-state index in [2.05, 4.69) is 15.9 Å². The van der Waals surface area contributed by atoms with Gasteiger partial charge < -0.3 is 0 Å². The van der Waals surface area contributed by atoms with Gasteiger partial charge in [0, 0.05) is 5.33 Å². The SMILES string of the molecule is Cc1ccccc1S(=O)(=O)CCCCCCCCCCBr. The van der Waals surface area contributed by atoms with E-state index in [-0.39, 0.29) is 5.75 Å². The van der Waals surface area contributed by atoms with Crippen LogP contribution in [0.1, 0.15) is 56.9 Å². The predicted octanol–water partition coefficient (Wildman–Crippen LogP) is 5.28. The average Bonchev–Trinajstić information content (AvgIpc) is 2.46. The van der Waals surface area contributed by atoms with Gasteiger partial charge >= 0.3 is 0 Å². The first-order valence-electron chi connectivity index (χ1n) is 7.92. The van der Waals surface area contributed by atoms with Crippen molar-refractivity contribution < 1.29 is 8.42 Å². The molecule has 0 unspecified atom stereocenters. The lowest BCUT2D eigenvalue weighted by molar-refractivity contribution is 0.573. The Labute approximate surface area is 138 Å². The maximum atomic E-state index is 12.3. The highest BCUT2D eigenvalue weighted by molar-refractivity contribution is 9.09. The molecule has 0 aliphatic heterocycles. The molecule has 0 spiro atoms. The van der Waals surface area contributed by atoms with Crippen LogP contribution < -0.4 is 0 Å². The second-order valence-corrected chi connectivity index (χ2v) is 8.47. The summed E-state index contributed by atoms with van der Waals surface area (Å²) in [6, 6.07) is 7.26. The molecule has 1 aromatic rings. The van der Waals surface area contributed by atoms with Crippen LogP contribution in [0.25, 0.3) is 0 Å². The first-order valence-corrected chi connectivity index (χ1v) is 10.7. The number of sulfone groups is 1. The lowest BCUT2D eigenvalue weighted by Gasteiger charge is -2.07. The Morgan fingerprint density at radius 1 is 0.857 bits per heavy atom. The van der Waals surface area contributed by atoms with Crippen molar-refractivity contribution in [1.82, 2.24) is 0 Å². The minimum atomic E-state index is -3.10. The normalized spacial score (nSPS) is 11.7. The molecule has 0 N–H and O–H groups in total. The minimum Gasteiger partial charge on any atom is -0.224 e. The lowest BCUT2D eigenvalue weighted by atomic mass is 10.1. The van der Waals surface area contributed by atoms with Gasteiger partial charge in [0.25, 0.3) is 0 Å². The zero-order valence-electron chi connectivity index (χ0n) is 13.0. The molecule has 21 heavy (non-hydrogen) atoms. The fraction of sp³-hybridized carbons (Fsp3) is 0.647. The molecule has 2 nitrogen and oxygen atoms in total. The summed E-state index contributed by atoms with van der Waals surface area (Å²) in [5.74, 6) is 0.279. The molecule has 4 heteroatoms. The number of benzene rings is 1. The van der Waals surface area contributed by atoms with Crippen LogP contribution in [0.3, 0.4) is 0 Å². The molecule has 120 valence electrons. The van der Waals surface area contributed by atoms with Crippen LogP contribution in [0.15, 0.2) is 29.2 Å². The summed E-state index contributed by atoms with van der Waals surface area (Å²) in [4.78, 5) is 0.500. The largest absolute Gasteiger partial charge is 0.224 e. The zero-order chi connectivity index (χ0) is 15.6. The average molecular weight is 375 g/mol. The maximum Gasteiger partial charge on any atom is 0.178 e. The standard InChI is InChI=1S/C17H27BrO2S/c1-16-12-8-9-13-17(16)21(19,20)15-11-7-5-3-2-4-6-10-14-18/h8-9,12-13H,2-7,10-11,14-15H2,1H3. The second kappa shape index (κ2) is 10.4. The third-order valence-electron chi connectivity index (χ3n) is 3.73. The van der Waals surface area contributed by atoms with Crippen LogP contribution in [-0.2, 0) is 9.84 Å². The fourth-order valence-electron chi connectivity index (χ4n) is 2.46. The number of rotatable bonds is 11. The Kier molecular flexibility index (Phi) is 9.25. The van der Waals surface area contributed by atoms with Crippen LogP contribution >= 0.6 is 15.9 Å². The number of alkyl halides is 1. The predicted molar refractivity (Wildman–Crippen MR) is 94.0 cm³/mol. The van der Waals surface area contributed by atoms with E-state index in [0.29, 0.717) is 4.90 Å².